The van der Waals surface area contributed by atoms with E-state index in [2.05, 4.69) is 37.1 Å². The highest BCUT2D eigenvalue weighted by atomic mass is 79.9. The summed E-state index contributed by atoms with van der Waals surface area (Å²) in [6.07, 6.45) is 1.33. The van der Waals surface area contributed by atoms with Gasteiger partial charge in [-0.1, -0.05) is 35.9 Å². The molecule has 38 heavy (non-hydrogen) atoms. The summed E-state index contributed by atoms with van der Waals surface area (Å²) in [7, 11) is 3.00. The maximum atomic E-state index is 12.3. The molecule has 0 aromatic heterocycles. The summed E-state index contributed by atoms with van der Waals surface area (Å²) in [6, 6.07) is 17.1. The Morgan fingerprint density at radius 1 is 1.00 bits per heavy atom. The highest BCUT2D eigenvalue weighted by molar-refractivity contribution is 9.10. The van der Waals surface area contributed by atoms with Crippen LogP contribution in [-0.4, -0.2) is 44.8 Å². The third-order valence-electron chi connectivity index (χ3n) is 4.95. The predicted octanol–water partition coefficient (Wildman–Crippen LogP) is 3.90. The molecule has 3 aromatic rings. The molecule has 3 N–H and O–H groups in total. The molecule has 0 heterocycles. The summed E-state index contributed by atoms with van der Waals surface area (Å²) in [6.45, 7) is -0.128. The number of amides is 3. The molecule has 3 rings (SSSR count). The zero-order chi connectivity index (χ0) is 27.5. The Hall–Kier alpha value is -4.09. The number of carbonyl (C=O) groups excluding carboxylic acids is 3. The first kappa shape index (κ1) is 28.5. The average molecular weight is 604 g/mol. The molecular formula is C26H24BrClN4O6. The Balaban J connectivity index is 1.53. The van der Waals surface area contributed by atoms with Crippen molar-refractivity contribution >= 4 is 57.2 Å². The fourth-order valence-electron chi connectivity index (χ4n) is 3.06. The molecule has 0 bridgehead atoms. The predicted molar refractivity (Wildman–Crippen MR) is 147 cm³/mol. The van der Waals surface area contributed by atoms with Crippen LogP contribution in [0.3, 0.4) is 0 Å². The Labute approximate surface area is 232 Å². The van der Waals surface area contributed by atoms with E-state index in [-0.39, 0.29) is 13.2 Å². The van der Waals surface area contributed by atoms with Crippen LogP contribution in [0.5, 0.6) is 17.2 Å². The van der Waals surface area contributed by atoms with E-state index in [4.69, 9.17) is 25.8 Å². The minimum atomic E-state index is -0.926. The van der Waals surface area contributed by atoms with Crippen LogP contribution in [0.4, 0.5) is 5.69 Å². The molecule has 3 aromatic carbocycles. The van der Waals surface area contributed by atoms with Crippen molar-refractivity contribution in [2.45, 2.75) is 6.54 Å². The summed E-state index contributed by atoms with van der Waals surface area (Å²) in [5.41, 5.74) is 3.97. The van der Waals surface area contributed by atoms with Gasteiger partial charge in [-0.2, -0.15) is 5.10 Å². The van der Waals surface area contributed by atoms with Gasteiger partial charge < -0.3 is 24.8 Å². The van der Waals surface area contributed by atoms with Crippen molar-refractivity contribution in [1.82, 2.24) is 10.7 Å². The number of halogens is 2. The molecule has 0 unspecified atom stereocenters. The third-order valence-corrected chi connectivity index (χ3v) is 5.86. The fourth-order valence-corrected chi connectivity index (χ4v) is 3.82. The molecule has 3 amide bonds. The van der Waals surface area contributed by atoms with Crippen molar-refractivity contribution in [1.29, 1.82) is 0 Å². The van der Waals surface area contributed by atoms with Crippen LogP contribution in [0.2, 0.25) is 5.02 Å². The first-order chi connectivity index (χ1) is 18.3. The van der Waals surface area contributed by atoms with Gasteiger partial charge in [-0.15, -0.1) is 0 Å². The average Bonchev–Trinajstić information content (AvgIpc) is 2.92. The second-order valence-electron chi connectivity index (χ2n) is 7.58. The van der Waals surface area contributed by atoms with E-state index in [0.717, 1.165) is 5.56 Å². The van der Waals surface area contributed by atoms with E-state index in [1.807, 2.05) is 0 Å². The summed E-state index contributed by atoms with van der Waals surface area (Å²) >= 11 is 9.44. The Morgan fingerprint density at radius 3 is 2.42 bits per heavy atom. The number of methoxy groups -OCH3 is 2. The van der Waals surface area contributed by atoms with E-state index >= 15 is 0 Å². The van der Waals surface area contributed by atoms with Crippen LogP contribution in [-0.2, 0) is 20.9 Å². The number of hydrogen-bond donors (Lipinski definition) is 3. The van der Waals surface area contributed by atoms with Crippen LogP contribution in [0.1, 0.15) is 11.1 Å². The normalized spacial score (nSPS) is 10.5. The molecular weight excluding hydrogens is 580 g/mol. The van der Waals surface area contributed by atoms with Gasteiger partial charge in [-0.3, -0.25) is 14.4 Å². The van der Waals surface area contributed by atoms with Crippen molar-refractivity contribution in [2.24, 2.45) is 5.10 Å². The Bertz CT molecular complexity index is 1330. The van der Waals surface area contributed by atoms with E-state index in [1.165, 1.54) is 13.3 Å². The molecule has 0 fully saturated rings. The number of para-hydroxylation sites is 1. The zero-order valence-electron chi connectivity index (χ0n) is 20.4. The number of carbonyl (C=O) groups is 3. The standard InChI is InChI=1S/C26H24BrClN4O6/c1-36-18-9-7-16(8-10-18)13-29-25(34)26(35)32-30-14-17-11-19(27)24(22(12-17)37-2)38-15-23(33)31-21-6-4-3-5-20(21)28/h3-12,14H,13,15H2,1-2H3,(H,29,34)(H,31,33)(H,32,35)/b30-14-. The van der Waals surface area contributed by atoms with Gasteiger partial charge in [0.25, 0.3) is 5.91 Å². The van der Waals surface area contributed by atoms with Gasteiger partial charge in [-0.05, 0) is 63.5 Å². The lowest BCUT2D eigenvalue weighted by Crippen LogP contribution is -2.37. The number of hydrogen-bond acceptors (Lipinski definition) is 7. The van der Waals surface area contributed by atoms with Gasteiger partial charge in [0, 0.05) is 6.54 Å². The number of benzene rings is 3. The number of hydrazone groups is 1. The van der Waals surface area contributed by atoms with Crippen LogP contribution < -0.4 is 30.3 Å². The molecule has 0 atom stereocenters. The van der Waals surface area contributed by atoms with Gasteiger partial charge >= 0.3 is 11.8 Å². The van der Waals surface area contributed by atoms with Crippen molar-refractivity contribution < 1.29 is 28.6 Å². The molecule has 198 valence electrons. The lowest BCUT2D eigenvalue weighted by atomic mass is 10.2. The number of ether oxygens (including phenoxy) is 3. The molecule has 10 nitrogen and oxygen atoms in total. The minimum absolute atomic E-state index is 0.169. The molecule has 0 spiro atoms. The van der Waals surface area contributed by atoms with Crippen molar-refractivity contribution in [3.8, 4) is 17.2 Å². The first-order valence-corrected chi connectivity index (χ1v) is 12.3. The molecule has 0 saturated carbocycles. The number of nitrogens with zero attached hydrogens (tertiary/aromatic N) is 1. The van der Waals surface area contributed by atoms with Crippen LogP contribution in [0.15, 0.2) is 70.2 Å². The van der Waals surface area contributed by atoms with Crippen LogP contribution >= 0.6 is 27.5 Å². The van der Waals surface area contributed by atoms with Crippen LogP contribution in [0, 0.1) is 0 Å². The monoisotopic (exact) mass is 602 g/mol. The van der Waals surface area contributed by atoms with Gasteiger partial charge in [-0.25, -0.2) is 5.43 Å². The molecule has 0 aliphatic carbocycles. The second-order valence-corrected chi connectivity index (χ2v) is 8.84. The molecule has 0 aliphatic heterocycles. The van der Waals surface area contributed by atoms with E-state index in [9.17, 15) is 14.4 Å². The zero-order valence-corrected chi connectivity index (χ0v) is 22.8. The Morgan fingerprint density at radius 2 is 1.74 bits per heavy atom. The number of nitrogens with one attached hydrogen (secondary N) is 3. The van der Waals surface area contributed by atoms with Gasteiger partial charge in [0.15, 0.2) is 18.1 Å². The van der Waals surface area contributed by atoms with E-state index in [0.29, 0.717) is 38.0 Å². The summed E-state index contributed by atoms with van der Waals surface area (Å²) in [4.78, 5) is 36.4. The summed E-state index contributed by atoms with van der Waals surface area (Å²) in [5.74, 6) is -0.878. The van der Waals surface area contributed by atoms with Crippen molar-refractivity contribution in [3.63, 3.8) is 0 Å². The minimum Gasteiger partial charge on any atom is -0.497 e. The maximum Gasteiger partial charge on any atom is 0.329 e. The summed E-state index contributed by atoms with van der Waals surface area (Å²) < 4.78 is 16.6. The smallest absolute Gasteiger partial charge is 0.329 e. The van der Waals surface area contributed by atoms with Crippen LogP contribution in [0.25, 0.3) is 0 Å². The molecule has 0 saturated heterocycles. The van der Waals surface area contributed by atoms with Crippen molar-refractivity contribution in [3.05, 3.63) is 81.3 Å². The first-order valence-electron chi connectivity index (χ1n) is 11.1. The lowest BCUT2D eigenvalue weighted by molar-refractivity contribution is -0.139. The van der Waals surface area contributed by atoms with Gasteiger partial charge in [0.05, 0.1) is 35.6 Å². The number of anilines is 1. The molecule has 0 aliphatic rings. The highest BCUT2D eigenvalue weighted by Gasteiger charge is 2.15. The highest BCUT2D eigenvalue weighted by Crippen LogP contribution is 2.36. The number of rotatable bonds is 10. The maximum absolute atomic E-state index is 12.3. The SMILES string of the molecule is COc1ccc(CNC(=O)C(=O)N/N=C\c2cc(Br)c(OCC(=O)Nc3ccccc3Cl)c(OC)c2)cc1. The topological polar surface area (TPSA) is 127 Å². The van der Waals surface area contributed by atoms with E-state index < -0.39 is 17.7 Å². The van der Waals surface area contributed by atoms with E-state index in [1.54, 1.807) is 67.8 Å². The molecule has 0 radical (unpaired) electrons. The van der Waals surface area contributed by atoms with Gasteiger partial charge in [0.1, 0.15) is 5.75 Å². The second kappa shape index (κ2) is 14.0. The largest absolute Gasteiger partial charge is 0.497 e. The lowest BCUT2D eigenvalue weighted by Gasteiger charge is -2.14. The summed E-state index contributed by atoms with van der Waals surface area (Å²) in [5, 5.41) is 9.41. The van der Waals surface area contributed by atoms with Crippen molar-refractivity contribution in [2.75, 3.05) is 26.1 Å². The van der Waals surface area contributed by atoms with Gasteiger partial charge in [0.2, 0.25) is 0 Å². The Kier molecular flexibility index (Phi) is 10.5. The fraction of sp³-hybridized carbons (Fsp3) is 0.154. The third kappa shape index (κ3) is 8.22. The quantitative estimate of drug-likeness (QED) is 0.183. The molecule has 12 heteroatoms.